The summed E-state index contributed by atoms with van der Waals surface area (Å²) in [5.41, 5.74) is 1.45. The van der Waals surface area contributed by atoms with Crippen LogP contribution >= 0.6 is 0 Å². The maximum absolute atomic E-state index is 12.1. The van der Waals surface area contributed by atoms with Crippen LogP contribution in [0.1, 0.15) is 31.1 Å². The lowest BCUT2D eigenvalue weighted by Gasteiger charge is -2.21. The Morgan fingerprint density at radius 3 is 2.41 bits per heavy atom. The van der Waals surface area contributed by atoms with E-state index in [1.807, 2.05) is 13.8 Å². The summed E-state index contributed by atoms with van der Waals surface area (Å²) in [5.74, 6) is 0.693. The van der Waals surface area contributed by atoms with Gasteiger partial charge in [0.25, 0.3) is 5.91 Å². The second-order valence-electron chi connectivity index (χ2n) is 5.08. The van der Waals surface area contributed by atoms with Gasteiger partial charge in [0.15, 0.2) is 23.9 Å². The first-order valence-electron chi connectivity index (χ1n) is 7.13. The van der Waals surface area contributed by atoms with E-state index in [9.17, 15) is 9.59 Å². The monoisotopic (exact) mass is 305 g/mol. The van der Waals surface area contributed by atoms with Gasteiger partial charge in [-0.3, -0.25) is 9.59 Å². The van der Waals surface area contributed by atoms with Crippen molar-refractivity contribution < 1.29 is 19.1 Å². The third kappa shape index (κ3) is 4.91. The molecule has 0 fully saturated rings. The van der Waals surface area contributed by atoms with Crippen molar-refractivity contribution >= 4 is 11.7 Å². The summed E-state index contributed by atoms with van der Waals surface area (Å²) in [6.45, 7) is 10.1. The van der Waals surface area contributed by atoms with Crippen LogP contribution in [0.3, 0.4) is 0 Å². The molecule has 1 aromatic rings. The minimum Gasteiger partial charge on any atom is -0.493 e. The molecule has 5 nitrogen and oxygen atoms in total. The number of methoxy groups -OCH3 is 1. The Balaban J connectivity index is 2.76. The van der Waals surface area contributed by atoms with E-state index in [0.29, 0.717) is 30.2 Å². The highest BCUT2D eigenvalue weighted by Crippen LogP contribution is 2.28. The molecule has 0 spiro atoms. The summed E-state index contributed by atoms with van der Waals surface area (Å²) in [6, 6.07) is 4.89. The molecule has 120 valence electrons. The number of ether oxygens (including phenoxy) is 2. The molecule has 1 amide bonds. The van der Waals surface area contributed by atoms with Gasteiger partial charge < -0.3 is 14.4 Å². The minimum absolute atomic E-state index is 0.0560. The van der Waals surface area contributed by atoms with Crippen LogP contribution in [0.2, 0.25) is 0 Å². The molecule has 1 rings (SSSR count). The third-order valence-electron chi connectivity index (χ3n) is 3.12. The van der Waals surface area contributed by atoms with Gasteiger partial charge in [-0.1, -0.05) is 12.2 Å². The fourth-order valence-corrected chi connectivity index (χ4v) is 1.94. The maximum atomic E-state index is 12.1. The van der Waals surface area contributed by atoms with Crippen LogP contribution in [-0.2, 0) is 4.79 Å². The zero-order valence-electron chi connectivity index (χ0n) is 13.6. The summed E-state index contributed by atoms with van der Waals surface area (Å²) in [7, 11) is 1.49. The Bertz CT molecular complexity index is 566. The number of Topliss-reactive ketones (excluding diaryl/α,β-unsaturated/α-hetero) is 1. The van der Waals surface area contributed by atoms with Crippen molar-refractivity contribution in [3.05, 3.63) is 35.9 Å². The lowest BCUT2D eigenvalue weighted by Crippen LogP contribution is -2.35. The van der Waals surface area contributed by atoms with Crippen molar-refractivity contribution in [1.29, 1.82) is 0 Å². The maximum Gasteiger partial charge on any atom is 0.260 e. The molecular formula is C17H23NO4. The Morgan fingerprint density at radius 1 is 1.23 bits per heavy atom. The number of amides is 1. The van der Waals surface area contributed by atoms with Gasteiger partial charge >= 0.3 is 0 Å². The van der Waals surface area contributed by atoms with Gasteiger partial charge in [0.2, 0.25) is 0 Å². The highest BCUT2D eigenvalue weighted by atomic mass is 16.5. The van der Waals surface area contributed by atoms with Crippen LogP contribution in [-0.4, -0.2) is 43.4 Å². The van der Waals surface area contributed by atoms with Gasteiger partial charge in [0.05, 0.1) is 7.11 Å². The van der Waals surface area contributed by atoms with E-state index >= 15 is 0 Å². The molecule has 22 heavy (non-hydrogen) atoms. The molecule has 0 saturated heterocycles. The molecule has 0 aliphatic carbocycles. The first kappa shape index (κ1) is 17.8. The van der Waals surface area contributed by atoms with Crippen molar-refractivity contribution in [1.82, 2.24) is 4.90 Å². The van der Waals surface area contributed by atoms with Crippen LogP contribution in [0.4, 0.5) is 0 Å². The molecule has 0 atom stereocenters. The number of benzene rings is 1. The van der Waals surface area contributed by atoms with Gasteiger partial charge in [-0.2, -0.15) is 0 Å². The van der Waals surface area contributed by atoms with Crippen molar-refractivity contribution in [3.63, 3.8) is 0 Å². The molecule has 0 heterocycles. The van der Waals surface area contributed by atoms with Crippen LogP contribution in [0, 0.1) is 0 Å². The molecule has 5 heteroatoms. The normalized spacial score (nSPS) is 10.0. The number of ketones is 1. The highest BCUT2D eigenvalue weighted by Gasteiger charge is 2.14. The van der Waals surface area contributed by atoms with Gasteiger partial charge in [0, 0.05) is 18.7 Å². The van der Waals surface area contributed by atoms with E-state index in [-0.39, 0.29) is 18.3 Å². The predicted molar refractivity (Wildman–Crippen MR) is 85.6 cm³/mol. The summed E-state index contributed by atoms with van der Waals surface area (Å²) < 4.78 is 10.7. The number of carbonyl (C=O) groups is 2. The number of rotatable bonds is 8. The number of carbonyl (C=O) groups excluding carboxylic acids is 2. The number of hydrogen-bond acceptors (Lipinski definition) is 4. The van der Waals surface area contributed by atoms with Crippen molar-refractivity contribution in [2.75, 3.05) is 26.8 Å². The predicted octanol–water partition coefficient (Wildman–Crippen LogP) is 2.70. The quantitative estimate of drug-likeness (QED) is 0.547. The van der Waals surface area contributed by atoms with Gasteiger partial charge in [0.1, 0.15) is 0 Å². The number of likely N-dealkylation sites (N-methyl/N-ethyl adjacent to an activating group) is 1. The number of nitrogens with zero attached hydrogens (tertiary/aromatic N) is 1. The van der Waals surface area contributed by atoms with Crippen LogP contribution in [0.5, 0.6) is 11.5 Å². The highest BCUT2D eigenvalue weighted by molar-refractivity contribution is 5.94. The Morgan fingerprint density at radius 2 is 1.91 bits per heavy atom. The minimum atomic E-state index is -0.122. The zero-order valence-corrected chi connectivity index (χ0v) is 13.6. The summed E-state index contributed by atoms with van der Waals surface area (Å²) in [5, 5.41) is 0. The van der Waals surface area contributed by atoms with E-state index in [1.54, 1.807) is 23.1 Å². The number of hydrogen-bond donors (Lipinski definition) is 0. The molecule has 0 radical (unpaired) electrons. The van der Waals surface area contributed by atoms with E-state index < -0.39 is 0 Å². The molecule has 0 aliphatic rings. The lowest BCUT2D eigenvalue weighted by atomic mass is 10.1. The third-order valence-corrected chi connectivity index (χ3v) is 3.12. The van der Waals surface area contributed by atoms with Crippen LogP contribution in [0.15, 0.2) is 30.4 Å². The standard InChI is InChI=1S/C17H23NO4/c1-6-18(10-12(2)3)17(20)11-22-15-8-7-14(13(4)19)9-16(15)21-5/h7-9H,2,6,10-11H2,1,3-5H3. The molecular weight excluding hydrogens is 282 g/mol. The van der Waals surface area contributed by atoms with Gasteiger partial charge in [-0.05, 0) is 39.0 Å². The zero-order chi connectivity index (χ0) is 16.7. The Labute approximate surface area is 131 Å². The second-order valence-corrected chi connectivity index (χ2v) is 5.08. The van der Waals surface area contributed by atoms with E-state index in [0.717, 1.165) is 5.57 Å². The van der Waals surface area contributed by atoms with E-state index in [2.05, 4.69) is 6.58 Å². The lowest BCUT2D eigenvalue weighted by molar-refractivity contribution is -0.132. The fraction of sp³-hybridized carbons (Fsp3) is 0.412. The summed E-state index contributed by atoms with van der Waals surface area (Å²) >= 11 is 0. The fourth-order valence-electron chi connectivity index (χ4n) is 1.94. The van der Waals surface area contributed by atoms with Crippen LogP contribution in [0.25, 0.3) is 0 Å². The van der Waals surface area contributed by atoms with E-state index in [4.69, 9.17) is 9.47 Å². The van der Waals surface area contributed by atoms with Gasteiger partial charge in [-0.15, -0.1) is 0 Å². The summed E-state index contributed by atoms with van der Waals surface area (Å²) in [6.07, 6.45) is 0. The molecule has 1 aromatic carbocycles. The summed E-state index contributed by atoms with van der Waals surface area (Å²) in [4.78, 5) is 25.1. The van der Waals surface area contributed by atoms with E-state index in [1.165, 1.54) is 14.0 Å². The van der Waals surface area contributed by atoms with Crippen molar-refractivity contribution in [3.8, 4) is 11.5 Å². The molecule has 0 N–H and O–H groups in total. The molecule has 0 saturated carbocycles. The first-order chi connectivity index (χ1) is 10.4. The molecule has 0 aliphatic heterocycles. The Hall–Kier alpha value is -2.30. The average molecular weight is 305 g/mol. The first-order valence-corrected chi connectivity index (χ1v) is 7.13. The van der Waals surface area contributed by atoms with Crippen molar-refractivity contribution in [2.45, 2.75) is 20.8 Å². The molecule has 0 unspecified atom stereocenters. The van der Waals surface area contributed by atoms with Crippen LogP contribution < -0.4 is 9.47 Å². The molecule has 0 aromatic heterocycles. The van der Waals surface area contributed by atoms with Crippen molar-refractivity contribution in [2.24, 2.45) is 0 Å². The smallest absolute Gasteiger partial charge is 0.260 e. The molecule has 0 bridgehead atoms. The largest absolute Gasteiger partial charge is 0.493 e. The second kappa shape index (κ2) is 8.22. The SMILES string of the molecule is C=C(C)CN(CC)C(=O)COc1ccc(C(C)=O)cc1OC. The van der Waals surface area contributed by atoms with Gasteiger partial charge in [-0.25, -0.2) is 0 Å². The average Bonchev–Trinajstić information content (AvgIpc) is 2.49. The Kier molecular flexibility index (Phi) is 6.63. The topological polar surface area (TPSA) is 55.8 Å².